The minimum absolute atomic E-state index is 0.0373. The molecular formula is C19H22ClN5O5. The topological polar surface area (TPSA) is 138 Å². The number of nitrogen functional groups attached to an aromatic ring is 1. The lowest BCUT2D eigenvalue weighted by Gasteiger charge is -2.16. The number of methoxy groups -OCH3 is 1. The average Bonchev–Trinajstić information content (AvgIpc) is 3.28. The summed E-state index contributed by atoms with van der Waals surface area (Å²) in [5, 5.41) is 21.1. The molecule has 1 aromatic carbocycles. The highest BCUT2D eigenvalue weighted by molar-refractivity contribution is 6.32. The zero-order valence-corrected chi connectivity index (χ0v) is 16.9. The highest BCUT2D eigenvalue weighted by atomic mass is 35.5. The highest BCUT2D eigenvalue weighted by Gasteiger charge is 2.42. The van der Waals surface area contributed by atoms with Crippen molar-refractivity contribution < 1.29 is 24.4 Å². The Balaban J connectivity index is 1.37. The first-order chi connectivity index (χ1) is 14.5. The quantitative estimate of drug-likeness (QED) is 0.496. The molecular weight excluding hydrogens is 414 g/mol. The summed E-state index contributed by atoms with van der Waals surface area (Å²) < 4.78 is 18.4. The van der Waals surface area contributed by atoms with Crippen molar-refractivity contribution in [3.63, 3.8) is 0 Å². The van der Waals surface area contributed by atoms with Crippen molar-refractivity contribution >= 4 is 28.6 Å². The summed E-state index contributed by atoms with van der Waals surface area (Å²) in [4.78, 5) is 12.2. The maximum absolute atomic E-state index is 10.4. The fourth-order valence-corrected chi connectivity index (χ4v) is 3.70. The van der Waals surface area contributed by atoms with Gasteiger partial charge >= 0.3 is 0 Å². The van der Waals surface area contributed by atoms with Crippen molar-refractivity contribution in [3.8, 4) is 11.5 Å². The molecule has 4 atom stereocenters. The van der Waals surface area contributed by atoms with E-state index in [9.17, 15) is 10.2 Å². The van der Waals surface area contributed by atoms with Gasteiger partial charge in [-0.1, -0.05) is 11.6 Å². The van der Waals surface area contributed by atoms with Gasteiger partial charge in [0, 0.05) is 12.6 Å². The van der Waals surface area contributed by atoms with Crippen LogP contribution in [0.15, 0.2) is 30.9 Å². The lowest BCUT2D eigenvalue weighted by molar-refractivity contribution is -0.0194. The Kier molecular flexibility index (Phi) is 5.91. The van der Waals surface area contributed by atoms with Gasteiger partial charge in [-0.2, -0.15) is 0 Å². The monoisotopic (exact) mass is 435 g/mol. The number of aliphatic hydroxyl groups excluding tert-OH is 2. The molecule has 1 aliphatic heterocycles. The van der Waals surface area contributed by atoms with Crippen LogP contribution in [-0.4, -0.2) is 67.9 Å². The third-order valence-electron chi connectivity index (χ3n) is 5.10. The predicted molar refractivity (Wildman–Crippen MR) is 109 cm³/mol. The molecule has 0 bridgehead atoms. The normalized spacial score (nSPS) is 23.7. The van der Waals surface area contributed by atoms with Crippen molar-refractivity contribution in [1.29, 1.82) is 0 Å². The Morgan fingerprint density at radius 3 is 2.77 bits per heavy atom. The SMILES string of the molecule is COc1ccc(OC[C@H]2O[C@H](CCn3cnc4ncnc(N)c43)[C@H](O)[C@@H]2O)c(Cl)c1. The highest BCUT2D eigenvalue weighted by Crippen LogP contribution is 2.30. The van der Waals surface area contributed by atoms with Gasteiger partial charge in [0.2, 0.25) is 0 Å². The fraction of sp³-hybridized carbons (Fsp3) is 0.421. The number of anilines is 1. The first-order valence-electron chi connectivity index (χ1n) is 9.37. The smallest absolute Gasteiger partial charge is 0.182 e. The number of imidazole rings is 1. The molecule has 3 heterocycles. The molecule has 0 saturated carbocycles. The Hall–Kier alpha value is -2.66. The maximum Gasteiger partial charge on any atom is 0.182 e. The number of hydrogen-bond donors (Lipinski definition) is 3. The van der Waals surface area contributed by atoms with E-state index in [2.05, 4.69) is 15.0 Å². The van der Waals surface area contributed by atoms with E-state index in [-0.39, 0.29) is 6.61 Å². The molecule has 0 amide bonds. The summed E-state index contributed by atoms with van der Waals surface area (Å²) in [6.45, 7) is 0.496. The second kappa shape index (κ2) is 8.60. The van der Waals surface area contributed by atoms with E-state index in [4.69, 9.17) is 31.5 Å². The average molecular weight is 436 g/mol. The van der Waals surface area contributed by atoms with Crippen LogP contribution in [0.2, 0.25) is 5.02 Å². The molecule has 1 saturated heterocycles. The van der Waals surface area contributed by atoms with Crippen molar-refractivity contribution in [3.05, 3.63) is 35.9 Å². The third kappa shape index (κ3) is 3.99. The van der Waals surface area contributed by atoms with E-state index in [1.807, 2.05) is 0 Å². The molecule has 4 N–H and O–H groups in total. The lowest BCUT2D eigenvalue weighted by Crippen LogP contribution is -2.35. The molecule has 160 valence electrons. The number of nitrogens with two attached hydrogens (primary N) is 1. The number of benzene rings is 1. The van der Waals surface area contributed by atoms with Gasteiger partial charge in [-0.25, -0.2) is 15.0 Å². The van der Waals surface area contributed by atoms with Gasteiger partial charge in [-0.15, -0.1) is 0 Å². The number of nitrogens with zero attached hydrogens (tertiary/aromatic N) is 4. The lowest BCUT2D eigenvalue weighted by atomic mass is 10.1. The fourth-order valence-electron chi connectivity index (χ4n) is 3.47. The molecule has 3 aromatic rings. The second-order valence-electron chi connectivity index (χ2n) is 6.96. The number of fused-ring (bicyclic) bond motifs is 1. The molecule has 0 unspecified atom stereocenters. The molecule has 10 nitrogen and oxygen atoms in total. The van der Waals surface area contributed by atoms with Gasteiger partial charge in [0.05, 0.1) is 24.6 Å². The molecule has 30 heavy (non-hydrogen) atoms. The van der Waals surface area contributed by atoms with Crippen LogP contribution in [0.1, 0.15) is 6.42 Å². The summed E-state index contributed by atoms with van der Waals surface area (Å²) >= 11 is 6.17. The van der Waals surface area contributed by atoms with Gasteiger partial charge < -0.3 is 34.7 Å². The largest absolute Gasteiger partial charge is 0.497 e. The minimum Gasteiger partial charge on any atom is -0.497 e. The first kappa shape index (κ1) is 20.6. The predicted octanol–water partition coefficient (Wildman–Crippen LogP) is 1.03. The van der Waals surface area contributed by atoms with Crippen LogP contribution >= 0.6 is 11.6 Å². The van der Waals surface area contributed by atoms with E-state index in [1.165, 1.54) is 6.33 Å². The van der Waals surface area contributed by atoms with E-state index >= 15 is 0 Å². The van der Waals surface area contributed by atoms with Gasteiger partial charge in [0.15, 0.2) is 11.5 Å². The second-order valence-corrected chi connectivity index (χ2v) is 7.37. The van der Waals surface area contributed by atoms with Crippen molar-refractivity contribution in [1.82, 2.24) is 19.5 Å². The van der Waals surface area contributed by atoms with E-state index in [0.717, 1.165) is 0 Å². The molecule has 0 radical (unpaired) electrons. The molecule has 11 heteroatoms. The molecule has 1 aliphatic rings. The van der Waals surface area contributed by atoms with Gasteiger partial charge in [0.25, 0.3) is 0 Å². The van der Waals surface area contributed by atoms with Crippen LogP contribution < -0.4 is 15.2 Å². The number of hydrogen-bond acceptors (Lipinski definition) is 9. The molecule has 0 aliphatic carbocycles. The number of rotatable bonds is 7. The van der Waals surface area contributed by atoms with Crippen LogP contribution in [0.3, 0.4) is 0 Å². The van der Waals surface area contributed by atoms with Crippen LogP contribution in [0.4, 0.5) is 5.82 Å². The zero-order valence-electron chi connectivity index (χ0n) is 16.2. The molecule has 2 aromatic heterocycles. The van der Waals surface area contributed by atoms with E-state index in [1.54, 1.807) is 36.2 Å². The maximum atomic E-state index is 10.4. The Morgan fingerprint density at radius 1 is 1.20 bits per heavy atom. The molecule has 0 spiro atoms. The molecule has 1 fully saturated rings. The van der Waals surface area contributed by atoms with Crippen molar-refractivity contribution in [2.75, 3.05) is 19.5 Å². The Morgan fingerprint density at radius 2 is 2.00 bits per heavy atom. The minimum atomic E-state index is -1.08. The number of aryl methyl sites for hydroxylation is 1. The number of aromatic nitrogens is 4. The molecule has 4 rings (SSSR count). The number of ether oxygens (including phenoxy) is 3. The standard InChI is InChI=1S/C19H22ClN5O5/c1-28-10-2-3-12(11(20)6-10)29-7-14-17(27)16(26)13(30-14)4-5-25-9-24-19-15(25)18(21)22-8-23-19/h2-3,6,8-9,13-14,16-17,26-27H,4-5,7H2,1H3,(H2,21,22,23)/t13-,14-,16+,17-/m1/s1. The van der Waals surface area contributed by atoms with Gasteiger partial charge in [-0.3, -0.25) is 0 Å². The van der Waals surface area contributed by atoms with Gasteiger partial charge in [-0.05, 0) is 18.6 Å². The summed E-state index contributed by atoms with van der Waals surface area (Å²) in [7, 11) is 1.55. The summed E-state index contributed by atoms with van der Waals surface area (Å²) in [5.41, 5.74) is 7.04. The van der Waals surface area contributed by atoms with E-state index < -0.39 is 24.4 Å². The van der Waals surface area contributed by atoms with Crippen LogP contribution in [0.5, 0.6) is 11.5 Å². The first-order valence-corrected chi connectivity index (χ1v) is 9.75. The van der Waals surface area contributed by atoms with Crippen LogP contribution in [0.25, 0.3) is 11.2 Å². The number of halogens is 1. The van der Waals surface area contributed by atoms with Crippen LogP contribution in [-0.2, 0) is 11.3 Å². The Bertz CT molecular complexity index is 1030. The Labute approximate surface area is 177 Å². The zero-order chi connectivity index (χ0) is 21.3. The third-order valence-corrected chi connectivity index (χ3v) is 5.39. The van der Waals surface area contributed by atoms with E-state index in [0.29, 0.717) is 46.5 Å². The van der Waals surface area contributed by atoms with Crippen LogP contribution in [0, 0.1) is 0 Å². The number of aliphatic hydroxyl groups is 2. The van der Waals surface area contributed by atoms with Gasteiger partial charge in [0.1, 0.15) is 48.3 Å². The summed E-state index contributed by atoms with van der Waals surface area (Å²) in [5.74, 6) is 1.37. The summed E-state index contributed by atoms with van der Waals surface area (Å²) in [6.07, 6.45) is -0.0143. The van der Waals surface area contributed by atoms with Crippen molar-refractivity contribution in [2.45, 2.75) is 37.4 Å². The van der Waals surface area contributed by atoms with Crippen molar-refractivity contribution in [2.24, 2.45) is 0 Å². The summed E-state index contributed by atoms with van der Waals surface area (Å²) in [6, 6.07) is 5.02.